The Bertz CT molecular complexity index is 166. The predicted molar refractivity (Wildman–Crippen MR) is 41.2 cm³/mol. The fourth-order valence-electron chi connectivity index (χ4n) is 0.401. The molecule has 0 heterocycles. The molecule has 0 radical (unpaired) electrons. The molecule has 0 aliphatic carbocycles. The molecular weight excluding hydrogens is 112 g/mol. The monoisotopic (exact) mass is 122 g/mol. The Kier molecular flexibility index (Phi) is 3.28. The molecule has 0 rings (SSSR count). The minimum atomic E-state index is 0.407. The maximum atomic E-state index is 7.11. The van der Waals surface area contributed by atoms with Crippen LogP contribution < -0.4 is 0 Å². The summed E-state index contributed by atoms with van der Waals surface area (Å²) in [4.78, 5) is 3.78. The molecule has 0 aliphatic heterocycles. The maximum absolute atomic E-state index is 7.11. The third-order valence-electron chi connectivity index (χ3n) is 0.808. The van der Waals surface area contributed by atoms with Gasteiger partial charge < -0.3 is 5.41 Å². The molecule has 0 saturated heterocycles. The van der Waals surface area contributed by atoms with Crippen LogP contribution in [-0.2, 0) is 0 Å². The highest BCUT2D eigenvalue weighted by atomic mass is 14.7. The van der Waals surface area contributed by atoms with Gasteiger partial charge in [0.25, 0.3) is 0 Å². The molecule has 9 heavy (non-hydrogen) atoms. The summed E-state index contributed by atoms with van der Waals surface area (Å²) < 4.78 is 0. The Morgan fingerprint density at radius 1 is 1.56 bits per heavy atom. The third-order valence-corrected chi connectivity index (χ3v) is 0.808. The van der Waals surface area contributed by atoms with Gasteiger partial charge in [0.05, 0.1) is 11.4 Å². The van der Waals surface area contributed by atoms with E-state index in [4.69, 9.17) is 5.41 Å². The van der Waals surface area contributed by atoms with Crippen molar-refractivity contribution in [2.24, 2.45) is 4.99 Å². The number of aliphatic imine (C=N–C) groups is 1. The third kappa shape index (κ3) is 2.59. The van der Waals surface area contributed by atoms with Crippen molar-refractivity contribution in [3.05, 3.63) is 25.4 Å². The van der Waals surface area contributed by atoms with E-state index in [1.54, 1.807) is 6.92 Å². The van der Waals surface area contributed by atoms with E-state index in [2.05, 4.69) is 18.2 Å². The molecule has 0 bridgehead atoms. The normalized spacial score (nSPS) is 10.6. The van der Waals surface area contributed by atoms with Crippen molar-refractivity contribution in [1.82, 2.24) is 0 Å². The highest BCUT2D eigenvalue weighted by molar-refractivity contribution is 6.44. The molecule has 2 nitrogen and oxygen atoms in total. The van der Waals surface area contributed by atoms with E-state index in [-0.39, 0.29) is 0 Å². The first-order valence-corrected chi connectivity index (χ1v) is 2.59. The van der Waals surface area contributed by atoms with Crippen LogP contribution in [0.4, 0.5) is 0 Å². The Labute approximate surface area is 55.1 Å². The van der Waals surface area contributed by atoms with Crippen LogP contribution in [0.5, 0.6) is 0 Å². The van der Waals surface area contributed by atoms with Gasteiger partial charge in [-0.3, -0.25) is 4.99 Å². The van der Waals surface area contributed by atoms with Gasteiger partial charge in [0.2, 0.25) is 0 Å². The van der Waals surface area contributed by atoms with Crippen LogP contribution in [0.3, 0.4) is 0 Å². The molecule has 0 amide bonds. The van der Waals surface area contributed by atoms with Crippen LogP contribution >= 0.6 is 0 Å². The Hall–Kier alpha value is -1.18. The summed E-state index contributed by atoms with van der Waals surface area (Å²) >= 11 is 0. The van der Waals surface area contributed by atoms with E-state index in [9.17, 15) is 0 Å². The molecule has 0 aromatic rings. The number of hydrogen-bond acceptors (Lipinski definition) is 2. The maximum Gasteiger partial charge on any atom is 0.0828 e. The van der Waals surface area contributed by atoms with Crippen molar-refractivity contribution in [3.8, 4) is 0 Å². The fraction of sp³-hybridized carbons (Fsp3) is 0.143. The van der Waals surface area contributed by atoms with Crippen LogP contribution in [0.1, 0.15) is 6.92 Å². The fourth-order valence-corrected chi connectivity index (χ4v) is 0.401. The zero-order valence-corrected chi connectivity index (χ0v) is 5.52. The molecular formula is C7H10N2. The Balaban J connectivity index is 4.32. The molecule has 0 saturated carbocycles. The van der Waals surface area contributed by atoms with E-state index in [1.165, 1.54) is 12.3 Å². The van der Waals surface area contributed by atoms with Crippen molar-refractivity contribution in [2.45, 2.75) is 6.92 Å². The lowest BCUT2D eigenvalue weighted by atomic mass is 10.2. The molecule has 0 aromatic carbocycles. The molecule has 2 heteroatoms. The smallest absolute Gasteiger partial charge is 0.0828 e. The second kappa shape index (κ2) is 3.78. The molecule has 0 fully saturated rings. The number of nitrogens with zero attached hydrogens (tertiary/aromatic N) is 1. The van der Waals surface area contributed by atoms with Crippen molar-refractivity contribution < 1.29 is 0 Å². The van der Waals surface area contributed by atoms with Gasteiger partial charge in [-0.1, -0.05) is 13.2 Å². The lowest BCUT2D eigenvalue weighted by Gasteiger charge is -1.91. The number of allylic oxidation sites excluding steroid dienone is 1. The van der Waals surface area contributed by atoms with Crippen molar-refractivity contribution in [2.75, 3.05) is 0 Å². The van der Waals surface area contributed by atoms with Crippen LogP contribution in [0.15, 0.2) is 30.4 Å². The summed E-state index contributed by atoms with van der Waals surface area (Å²) in [5, 5.41) is 7.11. The van der Waals surface area contributed by atoms with Crippen molar-refractivity contribution in [3.63, 3.8) is 0 Å². The number of rotatable bonds is 3. The van der Waals surface area contributed by atoms with E-state index >= 15 is 0 Å². The van der Waals surface area contributed by atoms with Crippen LogP contribution in [0.25, 0.3) is 0 Å². The average Bonchev–Trinajstić information content (AvgIpc) is 1.82. The van der Waals surface area contributed by atoms with Crippen molar-refractivity contribution in [1.29, 1.82) is 5.41 Å². The second-order valence-corrected chi connectivity index (χ2v) is 1.53. The summed E-state index contributed by atoms with van der Waals surface area (Å²) in [5.41, 5.74) is 0.981. The zero-order valence-electron chi connectivity index (χ0n) is 5.52. The lowest BCUT2D eigenvalue weighted by molar-refractivity contribution is 1.49. The topological polar surface area (TPSA) is 36.2 Å². The Morgan fingerprint density at radius 2 is 2.11 bits per heavy atom. The molecule has 0 spiro atoms. The first-order valence-electron chi connectivity index (χ1n) is 2.59. The van der Waals surface area contributed by atoms with Crippen LogP contribution in [0, 0.1) is 5.41 Å². The summed E-state index contributed by atoms with van der Waals surface area (Å²) in [7, 11) is 0. The average molecular weight is 122 g/mol. The van der Waals surface area contributed by atoms with Gasteiger partial charge in [-0.05, 0) is 13.0 Å². The summed E-state index contributed by atoms with van der Waals surface area (Å²) in [6.45, 7) is 8.54. The molecule has 0 atom stereocenters. The van der Waals surface area contributed by atoms with Gasteiger partial charge in [0.15, 0.2) is 0 Å². The van der Waals surface area contributed by atoms with Gasteiger partial charge in [0, 0.05) is 6.20 Å². The molecule has 0 aliphatic rings. The van der Waals surface area contributed by atoms with Gasteiger partial charge in [-0.15, -0.1) is 0 Å². The lowest BCUT2D eigenvalue weighted by Crippen LogP contribution is -2.03. The number of hydrogen-bond donors (Lipinski definition) is 1. The van der Waals surface area contributed by atoms with E-state index in [0.29, 0.717) is 11.4 Å². The first-order chi connectivity index (χ1) is 4.22. The number of nitrogens with one attached hydrogen (secondary N) is 1. The summed E-state index contributed by atoms with van der Waals surface area (Å²) in [6.07, 6.45) is 2.93. The van der Waals surface area contributed by atoms with Crippen LogP contribution in [0.2, 0.25) is 0 Å². The largest absolute Gasteiger partial charge is 0.303 e. The summed E-state index contributed by atoms with van der Waals surface area (Å²) in [6, 6.07) is 0. The highest BCUT2D eigenvalue weighted by Crippen LogP contribution is 1.83. The second-order valence-electron chi connectivity index (χ2n) is 1.53. The highest BCUT2D eigenvalue weighted by Gasteiger charge is 1.91. The Morgan fingerprint density at radius 3 is 2.22 bits per heavy atom. The quantitative estimate of drug-likeness (QED) is 0.554. The molecule has 0 aromatic heterocycles. The van der Waals surface area contributed by atoms with Crippen LogP contribution in [-0.4, -0.2) is 11.4 Å². The minimum Gasteiger partial charge on any atom is -0.303 e. The predicted octanol–water partition coefficient (Wildman–Crippen LogP) is 1.80. The molecule has 1 N–H and O–H groups in total. The SMILES string of the molecule is C=CN=C(C=C)C(C)=N. The minimum absolute atomic E-state index is 0.407. The standard InChI is InChI=1S/C7H10N2/c1-4-7(6(3)8)9-5-2/h4-5,8H,1-2H2,3H3. The first kappa shape index (κ1) is 7.82. The zero-order chi connectivity index (χ0) is 7.28. The van der Waals surface area contributed by atoms with E-state index in [0.717, 1.165) is 0 Å². The van der Waals surface area contributed by atoms with Gasteiger partial charge in [-0.2, -0.15) is 0 Å². The molecule has 0 unspecified atom stereocenters. The van der Waals surface area contributed by atoms with E-state index in [1.807, 2.05) is 0 Å². The van der Waals surface area contributed by atoms with Gasteiger partial charge in [-0.25, -0.2) is 0 Å². The van der Waals surface area contributed by atoms with E-state index < -0.39 is 0 Å². The molecule has 48 valence electrons. The van der Waals surface area contributed by atoms with Gasteiger partial charge in [0.1, 0.15) is 0 Å². The van der Waals surface area contributed by atoms with Gasteiger partial charge >= 0.3 is 0 Å². The van der Waals surface area contributed by atoms with Crippen molar-refractivity contribution >= 4 is 11.4 Å². The summed E-state index contributed by atoms with van der Waals surface area (Å²) in [5.74, 6) is 0.